The number of aromatic nitrogens is 3. The van der Waals surface area contributed by atoms with Gasteiger partial charge in [0.2, 0.25) is 5.88 Å². The molecule has 3 rings (SSSR count). The van der Waals surface area contributed by atoms with Crippen molar-refractivity contribution in [1.82, 2.24) is 25.3 Å². The molecule has 1 aliphatic heterocycles. The lowest BCUT2D eigenvalue weighted by Crippen LogP contribution is -2.50. The van der Waals surface area contributed by atoms with Crippen LogP contribution in [0.1, 0.15) is 30.3 Å². The second kappa shape index (κ2) is 8.13. The number of morpholine rings is 1. The van der Waals surface area contributed by atoms with Crippen molar-refractivity contribution < 1.29 is 18.8 Å². The summed E-state index contributed by atoms with van der Waals surface area (Å²) in [6.45, 7) is 5.07. The molecule has 1 N–H and O–H groups in total. The zero-order chi connectivity index (χ0) is 18.5. The van der Waals surface area contributed by atoms with Crippen molar-refractivity contribution in [3.05, 3.63) is 35.6 Å². The smallest absolute Gasteiger partial charge is 0.317 e. The van der Waals surface area contributed by atoms with E-state index in [1.54, 1.807) is 25.1 Å². The van der Waals surface area contributed by atoms with Crippen LogP contribution < -0.4 is 10.1 Å². The van der Waals surface area contributed by atoms with Gasteiger partial charge in [-0.2, -0.15) is 4.98 Å². The predicted octanol–water partition coefficient (Wildman–Crippen LogP) is 1.50. The van der Waals surface area contributed by atoms with Crippen LogP contribution in [0.25, 0.3) is 0 Å². The van der Waals surface area contributed by atoms with Gasteiger partial charge >= 0.3 is 6.03 Å². The highest BCUT2D eigenvalue weighted by atomic mass is 16.5. The number of hydrogen-bond donors (Lipinski definition) is 1. The Balaban J connectivity index is 1.53. The molecule has 2 aromatic heterocycles. The number of pyridine rings is 1. The van der Waals surface area contributed by atoms with Crippen molar-refractivity contribution in [2.75, 3.05) is 26.7 Å². The number of carbonyl (C=O) groups excluding carboxylic acids is 1. The third-order valence-corrected chi connectivity index (χ3v) is 4.06. The van der Waals surface area contributed by atoms with E-state index in [0.29, 0.717) is 43.7 Å². The van der Waals surface area contributed by atoms with E-state index < -0.39 is 6.10 Å². The van der Waals surface area contributed by atoms with Crippen LogP contribution in [0.2, 0.25) is 0 Å². The lowest BCUT2D eigenvalue weighted by Gasteiger charge is -2.35. The molecule has 1 aliphatic rings. The topological polar surface area (TPSA) is 103 Å². The molecule has 140 valence electrons. The van der Waals surface area contributed by atoms with E-state index in [-0.39, 0.29) is 12.1 Å². The summed E-state index contributed by atoms with van der Waals surface area (Å²) < 4.78 is 16.1. The first-order chi connectivity index (χ1) is 12.5. The van der Waals surface area contributed by atoms with Crippen LogP contribution >= 0.6 is 0 Å². The Labute approximate surface area is 151 Å². The van der Waals surface area contributed by atoms with Gasteiger partial charge in [-0.1, -0.05) is 5.16 Å². The Morgan fingerprint density at radius 1 is 1.46 bits per heavy atom. The summed E-state index contributed by atoms with van der Waals surface area (Å²) in [5.41, 5.74) is 1.05. The molecule has 0 radical (unpaired) electrons. The van der Waals surface area contributed by atoms with Gasteiger partial charge in [-0.3, -0.25) is 0 Å². The van der Waals surface area contributed by atoms with E-state index in [1.165, 1.54) is 0 Å². The Morgan fingerprint density at radius 2 is 2.31 bits per heavy atom. The molecule has 1 fully saturated rings. The third kappa shape index (κ3) is 4.48. The molecular formula is C17H23N5O4. The molecule has 2 atom stereocenters. The molecule has 26 heavy (non-hydrogen) atoms. The quantitative estimate of drug-likeness (QED) is 0.861. The number of carbonyl (C=O) groups is 1. The lowest BCUT2D eigenvalue weighted by molar-refractivity contribution is -0.0781. The highest BCUT2D eigenvalue weighted by molar-refractivity contribution is 5.74. The Morgan fingerprint density at radius 3 is 3.04 bits per heavy atom. The molecule has 9 heteroatoms. The van der Waals surface area contributed by atoms with E-state index in [1.807, 2.05) is 19.1 Å². The van der Waals surface area contributed by atoms with Gasteiger partial charge in [0.05, 0.1) is 19.8 Å². The lowest BCUT2D eigenvalue weighted by atomic mass is 10.2. The number of nitrogens with zero attached hydrogens (tertiary/aromatic N) is 4. The Hall–Kier alpha value is -2.68. The van der Waals surface area contributed by atoms with Crippen molar-refractivity contribution in [2.24, 2.45) is 0 Å². The van der Waals surface area contributed by atoms with Crippen LogP contribution in [0.15, 0.2) is 22.9 Å². The van der Waals surface area contributed by atoms with Gasteiger partial charge in [0.25, 0.3) is 5.89 Å². The summed E-state index contributed by atoms with van der Waals surface area (Å²) in [4.78, 5) is 22.5. The molecule has 0 spiro atoms. The average Bonchev–Trinajstić information content (AvgIpc) is 3.08. The molecule has 9 nitrogen and oxygen atoms in total. The highest BCUT2D eigenvalue weighted by Gasteiger charge is 2.32. The van der Waals surface area contributed by atoms with Crippen molar-refractivity contribution in [3.63, 3.8) is 0 Å². The second-order valence-electron chi connectivity index (χ2n) is 6.21. The fraction of sp³-hybridized carbons (Fsp3) is 0.529. The zero-order valence-electron chi connectivity index (χ0n) is 15.1. The largest absolute Gasteiger partial charge is 0.481 e. The first-order valence-electron chi connectivity index (χ1n) is 8.52. The summed E-state index contributed by atoms with van der Waals surface area (Å²) in [5, 5.41) is 6.72. The average molecular weight is 361 g/mol. The van der Waals surface area contributed by atoms with Gasteiger partial charge in [-0.25, -0.2) is 9.78 Å². The van der Waals surface area contributed by atoms with Gasteiger partial charge < -0.3 is 24.2 Å². The van der Waals surface area contributed by atoms with Gasteiger partial charge in [0.15, 0.2) is 11.9 Å². The molecule has 2 aromatic rings. The molecule has 0 bridgehead atoms. The predicted molar refractivity (Wildman–Crippen MR) is 91.8 cm³/mol. The van der Waals surface area contributed by atoms with Gasteiger partial charge in [0.1, 0.15) is 0 Å². The zero-order valence-corrected chi connectivity index (χ0v) is 15.1. The maximum absolute atomic E-state index is 12.5. The van der Waals surface area contributed by atoms with Crippen LogP contribution in [-0.2, 0) is 11.2 Å². The van der Waals surface area contributed by atoms with E-state index in [4.69, 9.17) is 14.0 Å². The van der Waals surface area contributed by atoms with E-state index in [2.05, 4.69) is 20.4 Å². The van der Waals surface area contributed by atoms with E-state index in [9.17, 15) is 4.79 Å². The van der Waals surface area contributed by atoms with Gasteiger partial charge in [-0.15, -0.1) is 0 Å². The van der Waals surface area contributed by atoms with Crippen molar-refractivity contribution in [2.45, 2.75) is 32.5 Å². The standard InChI is InChI=1S/C17H23N5O4/c1-11-9-22(10-14(25-11)16-20-12(2)21-26-16)17(23)19-7-5-13-4-6-18-15(8-13)24-3/h4,6,8,11,14H,5,7,9-10H2,1-3H3,(H,19,23)/t11-,14-/m1/s1. The number of aryl methyl sites for hydroxylation is 1. The molecule has 0 unspecified atom stereocenters. The van der Waals surface area contributed by atoms with Gasteiger partial charge in [-0.05, 0) is 31.9 Å². The molecule has 2 amide bonds. The third-order valence-electron chi connectivity index (χ3n) is 4.06. The number of ether oxygens (including phenoxy) is 2. The molecule has 0 aromatic carbocycles. The summed E-state index contributed by atoms with van der Waals surface area (Å²) in [6.07, 6.45) is 1.86. The Kier molecular flexibility index (Phi) is 5.67. The summed E-state index contributed by atoms with van der Waals surface area (Å²) in [7, 11) is 1.58. The highest BCUT2D eigenvalue weighted by Crippen LogP contribution is 2.24. The number of nitrogens with one attached hydrogen (secondary N) is 1. The maximum Gasteiger partial charge on any atom is 0.317 e. The minimum Gasteiger partial charge on any atom is -0.481 e. The molecule has 3 heterocycles. The first-order valence-corrected chi connectivity index (χ1v) is 8.52. The molecular weight excluding hydrogens is 338 g/mol. The molecule has 0 saturated carbocycles. The van der Waals surface area contributed by atoms with E-state index in [0.717, 1.165) is 5.56 Å². The SMILES string of the molecule is COc1cc(CCNC(=O)N2C[C@@H](C)O[C@@H](c3nc(C)no3)C2)ccn1. The summed E-state index contributed by atoms with van der Waals surface area (Å²) in [6, 6.07) is 3.62. The van der Waals surface area contributed by atoms with E-state index >= 15 is 0 Å². The summed E-state index contributed by atoms with van der Waals surface area (Å²) in [5.74, 6) is 1.51. The summed E-state index contributed by atoms with van der Waals surface area (Å²) >= 11 is 0. The van der Waals surface area contributed by atoms with Crippen LogP contribution in [0.4, 0.5) is 4.79 Å². The molecule has 1 saturated heterocycles. The second-order valence-corrected chi connectivity index (χ2v) is 6.21. The number of urea groups is 1. The number of methoxy groups -OCH3 is 1. The minimum atomic E-state index is -0.407. The first kappa shape index (κ1) is 18.1. The van der Waals surface area contributed by atoms with Crippen LogP contribution in [0.3, 0.4) is 0 Å². The van der Waals surface area contributed by atoms with Crippen LogP contribution in [-0.4, -0.2) is 58.9 Å². The maximum atomic E-state index is 12.5. The minimum absolute atomic E-state index is 0.115. The Bertz CT molecular complexity index is 750. The van der Waals surface area contributed by atoms with Crippen LogP contribution in [0, 0.1) is 6.92 Å². The number of rotatable bonds is 5. The monoisotopic (exact) mass is 361 g/mol. The van der Waals surface area contributed by atoms with Crippen molar-refractivity contribution >= 4 is 6.03 Å². The number of hydrogen-bond acceptors (Lipinski definition) is 7. The number of amides is 2. The van der Waals surface area contributed by atoms with Crippen molar-refractivity contribution in [1.29, 1.82) is 0 Å². The fourth-order valence-electron chi connectivity index (χ4n) is 2.84. The van der Waals surface area contributed by atoms with Gasteiger partial charge in [0, 0.05) is 25.4 Å². The normalized spacial score (nSPS) is 20.0. The fourth-order valence-corrected chi connectivity index (χ4v) is 2.84. The molecule has 0 aliphatic carbocycles. The van der Waals surface area contributed by atoms with Crippen LogP contribution in [0.5, 0.6) is 5.88 Å². The van der Waals surface area contributed by atoms with Crippen molar-refractivity contribution in [3.8, 4) is 5.88 Å².